The van der Waals surface area contributed by atoms with Crippen molar-refractivity contribution in [3.63, 3.8) is 0 Å². The van der Waals surface area contributed by atoms with Gasteiger partial charge in [-0.25, -0.2) is 4.79 Å². The van der Waals surface area contributed by atoms with Gasteiger partial charge in [0.25, 0.3) is 0 Å². The standard InChI is InChI=1S/C23H23N5O3/c1-4-13-30-22(29)20-16(3)24-23-25-26-27-28(23)21(20)18-9-11-19(12-10-18)31-14-17-7-5-15(2)6-8-17/h4-12,21H,1,13-14H2,2-3H3,(H,24,25,27). The molecule has 1 unspecified atom stereocenters. The van der Waals surface area contributed by atoms with Crippen molar-refractivity contribution in [3.05, 3.63) is 89.1 Å². The van der Waals surface area contributed by atoms with Crippen molar-refractivity contribution in [2.45, 2.75) is 26.5 Å². The molecule has 0 saturated carbocycles. The summed E-state index contributed by atoms with van der Waals surface area (Å²) in [5.41, 5.74) is 4.22. The lowest BCUT2D eigenvalue weighted by Crippen LogP contribution is -2.29. The van der Waals surface area contributed by atoms with Crippen LogP contribution < -0.4 is 10.1 Å². The fraction of sp³-hybridized carbons (Fsp3) is 0.217. The molecule has 0 aliphatic carbocycles. The number of anilines is 1. The van der Waals surface area contributed by atoms with Crippen molar-refractivity contribution < 1.29 is 14.3 Å². The van der Waals surface area contributed by atoms with E-state index in [1.54, 1.807) is 11.6 Å². The van der Waals surface area contributed by atoms with E-state index >= 15 is 0 Å². The summed E-state index contributed by atoms with van der Waals surface area (Å²) in [6, 6.07) is 15.2. The molecular weight excluding hydrogens is 394 g/mol. The molecule has 0 saturated heterocycles. The first-order valence-corrected chi connectivity index (χ1v) is 9.89. The lowest BCUT2D eigenvalue weighted by Gasteiger charge is -2.27. The van der Waals surface area contributed by atoms with E-state index in [1.165, 1.54) is 11.6 Å². The van der Waals surface area contributed by atoms with Crippen molar-refractivity contribution in [2.24, 2.45) is 0 Å². The quantitative estimate of drug-likeness (QED) is 0.464. The fourth-order valence-electron chi connectivity index (χ4n) is 3.39. The van der Waals surface area contributed by atoms with Crippen LogP contribution in [-0.2, 0) is 16.1 Å². The number of tetrazole rings is 1. The second-order valence-corrected chi connectivity index (χ2v) is 7.24. The molecule has 0 amide bonds. The molecule has 4 rings (SSSR count). The van der Waals surface area contributed by atoms with Crippen molar-refractivity contribution in [1.82, 2.24) is 20.2 Å². The summed E-state index contributed by atoms with van der Waals surface area (Å²) >= 11 is 0. The molecule has 1 aliphatic rings. The number of aryl methyl sites for hydroxylation is 1. The van der Waals surface area contributed by atoms with Crippen LogP contribution in [0, 0.1) is 6.92 Å². The first kappa shape index (κ1) is 20.3. The molecule has 1 aliphatic heterocycles. The summed E-state index contributed by atoms with van der Waals surface area (Å²) < 4.78 is 12.8. The Hall–Kier alpha value is -3.94. The molecule has 8 heteroatoms. The number of aromatic nitrogens is 4. The van der Waals surface area contributed by atoms with E-state index in [0.717, 1.165) is 16.9 Å². The van der Waals surface area contributed by atoms with Crippen molar-refractivity contribution in [3.8, 4) is 5.75 Å². The SMILES string of the molecule is C=CCOC(=O)C1=C(C)Nc2nnnn2C1c1ccc(OCc2ccc(C)cc2)cc1. The normalized spacial score (nSPS) is 15.1. The summed E-state index contributed by atoms with van der Waals surface area (Å²) in [6.45, 7) is 8.04. The van der Waals surface area contributed by atoms with E-state index in [2.05, 4.69) is 46.5 Å². The average Bonchev–Trinajstić information content (AvgIpc) is 3.24. The highest BCUT2D eigenvalue weighted by Gasteiger charge is 2.34. The highest BCUT2D eigenvalue weighted by Crippen LogP contribution is 2.35. The summed E-state index contributed by atoms with van der Waals surface area (Å²) in [4.78, 5) is 12.8. The van der Waals surface area contributed by atoms with Gasteiger partial charge in [-0.05, 0) is 47.5 Å². The van der Waals surface area contributed by atoms with Crippen LogP contribution in [0.2, 0.25) is 0 Å². The third-order valence-corrected chi connectivity index (χ3v) is 4.99. The number of nitrogens with one attached hydrogen (secondary N) is 1. The first-order chi connectivity index (χ1) is 15.1. The Morgan fingerprint density at radius 1 is 1.16 bits per heavy atom. The Balaban J connectivity index is 1.58. The van der Waals surface area contributed by atoms with Gasteiger partial charge in [0.05, 0.1) is 5.57 Å². The molecule has 1 aromatic heterocycles. The van der Waals surface area contributed by atoms with Crippen molar-refractivity contribution >= 4 is 11.9 Å². The van der Waals surface area contributed by atoms with Crippen LogP contribution in [0.15, 0.2) is 72.5 Å². The number of allylic oxidation sites excluding steroid dienone is 1. The Morgan fingerprint density at radius 3 is 2.61 bits per heavy atom. The molecule has 0 bridgehead atoms. The van der Waals surface area contributed by atoms with Gasteiger partial charge in [0.15, 0.2) is 0 Å². The predicted molar refractivity (Wildman–Crippen MR) is 115 cm³/mol. The number of carbonyl (C=O) groups excluding carboxylic acids is 1. The predicted octanol–water partition coefficient (Wildman–Crippen LogP) is 3.58. The Morgan fingerprint density at radius 2 is 1.90 bits per heavy atom. The smallest absolute Gasteiger partial charge is 0.338 e. The minimum absolute atomic E-state index is 0.122. The average molecular weight is 417 g/mol. The lowest BCUT2D eigenvalue weighted by molar-refractivity contribution is -0.138. The fourth-order valence-corrected chi connectivity index (χ4v) is 3.39. The molecular formula is C23H23N5O3. The van der Waals surface area contributed by atoms with Crippen LogP contribution in [-0.4, -0.2) is 32.8 Å². The summed E-state index contributed by atoms with van der Waals surface area (Å²) in [7, 11) is 0. The second kappa shape index (κ2) is 8.83. The maximum atomic E-state index is 12.8. The van der Waals surface area contributed by atoms with Gasteiger partial charge in [-0.15, -0.1) is 0 Å². The lowest BCUT2D eigenvalue weighted by atomic mass is 9.96. The molecule has 1 N–H and O–H groups in total. The molecule has 3 aromatic rings. The van der Waals surface area contributed by atoms with Gasteiger partial charge in [-0.3, -0.25) is 0 Å². The zero-order valence-electron chi connectivity index (χ0n) is 17.4. The number of nitrogens with zero attached hydrogens (tertiary/aromatic N) is 4. The van der Waals surface area contributed by atoms with Crippen molar-refractivity contribution in [2.75, 3.05) is 11.9 Å². The number of benzene rings is 2. The van der Waals surface area contributed by atoms with E-state index in [0.29, 0.717) is 23.8 Å². The minimum Gasteiger partial charge on any atom is -0.489 e. The van der Waals surface area contributed by atoms with Crippen LogP contribution in [0.3, 0.4) is 0 Å². The number of rotatable bonds is 7. The van der Waals surface area contributed by atoms with Crippen LogP contribution >= 0.6 is 0 Å². The first-order valence-electron chi connectivity index (χ1n) is 9.89. The Kier molecular flexibility index (Phi) is 5.79. The maximum Gasteiger partial charge on any atom is 0.338 e. The molecule has 0 fully saturated rings. The third-order valence-electron chi connectivity index (χ3n) is 4.99. The topological polar surface area (TPSA) is 91.2 Å². The van der Waals surface area contributed by atoms with Gasteiger partial charge in [0.1, 0.15) is 25.0 Å². The van der Waals surface area contributed by atoms with E-state index in [9.17, 15) is 4.79 Å². The minimum atomic E-state index is -0.519. The highest BCUT2D eigenvalue weighted by molar-refractivity contribution is 5.92. The monoisotopic (exact) mass is 417 g/mol. The van der Waals surface area contributed by atoms with Gasteiger partial charge in [-0.1, -0.05) is 59.7 Å². The molecule has 0 radical (unpaired) electrons. The molecule has 2 heterocycles. The third kappa shape index (κ3) is 4.32. The zero-order valence-corrected chi connectivity index (χ0v) is 17.4. The van der Waals surface area contributed by atoms with Gasteiger partial charge >= 0.3 is 5.97 Å². The number of hydrogen-bond donors (Lipinski definition) is 1. The number of fused-ring (bicyclic) bond motifs is 1. The number of carbonyl (C=O) groups is 1. The van der Waals surface area contributed by atoms with E-state index < -0.39 is 12.0 Å². The molecule has 0 spiro atoms. The van der Waals surface area contributed by atoms with Gasteiger partial charge < -0.3 is 14.8 Å². The van der Waals surface area contributed by atoms with Crippen LogP contribution in [0.1, 0.15) is 29.7 Å². The number of esters is 1. The van der Waals surface area contributed by atoms with E-state index in [4.69, 9.17) is 9.47 Å². The molecule has 1 atom stereocenters. The van der Waals surface area contributed by atoms with E-state index in [-0.39, 0.29) is 6.61 Å². The summed E-state index contributed by atoms with van der Waals surface area (Å²) in [5.74, 6) is 0.741. The van der Waals surface area contributed by atoms with Crippen molar-refractivity contribution in [1.29, 1.82) is 0 Å². The molecule has 158 valence electrons. The van der Waals surface area contributed by atoms with Crippen LogP contribution in [0.4, 0.5) is 5.95 Å². The molecule has 2 aromatic carbocycles. The van der Waals surface area contributed by atoms with E-state index in [1.807, 2.05) is 36.4 Å². The highest BCUT2D eigenvalue weighted by atomic mass is 16.5. The van der Waals surface area contributed by atoms with Gasteiger partial charge in [0.2, 0.25) is 5.95 Å². The maximum absolute atomic E-state index is 12.8. The zero-order chi connectivity index (χ0) is 21.8. The Bertz CT molecular complexity index is 1120. The van der Waals surface area contributed by atoms with Gasteiger partial charge in [-0.2, -0.15) is 4.68 Å². The summed E-state index contributed by atoms with van der Waals surface area (Å²) in [5, 5.41) is 14.8. The van der Waals surface area contributed by atoms with Crippen LogP contribution in [0.25, 0.3) is 0 Å². The molecule has 8 nitrogen and oxygen atoms in total. The van der Waals surface area contributed by atoms with Gasteiger partial charge in [0, 0.05) is 5.70 Å². The van der Waals surface area contributed by atoms with Crippen LogP contribution in [0.5, 0.6) is 5.75 Å². The Labute approximate surface area is 180 Å². The summed E-state index contributed by atoms with van der Waals surface area (Å²) in [6.07, 6.45) is 1.53. The number of hydrogen-bond acceptors (Lipinski definition) is 7. The second-order valence-electron chi connectivity index (χ2n) is 7.24. The largest absolute Gasteiger partial charge is 0.489 e. The number of ether oxygens (including phenoxy) is 2. The molecule has 31 heavy (non-hydrogen) atoms.